The van der Waals surface area contributed by atoms with Crippen LogP contribution in [0.15, 0.2) is 42.5 Å². The molecule has 4 rings (SSSR count). The lowest BCUT2D eigenvalue weighted by Gasteiger charge is -2.36. The van der Waals surface area contributed by atoms with E-state index in [1.165, 1.54) is 16.5 Å². The predicted molar refractivity (Wildman–Crippen MR) is 122 cm³/mol. The molecule has 1 amide bonds. The van der Waals surface area contributed by atoms with E-state index >= 15 is 0 Å². The summed E-state index contributed by atoms with van der Waals surface area (Å²) in [6.07, 6.45) is -0.713. The Hall–Kier alpha value is -3.03. The van der Waals surface area contributed by atoms with Crippen molar-refractivity contribution in [3.05, 3.63) is 64.8 Å². The van der Waals surface area contributed by atoms with Crippen LogP contribution >= 0.6 is 0 Å². The van der Waals surface area contributed by atoms with Gasteiger partial charge in [0.15, 0.2) is 0 Å². The van der Waals surface area contributed by atoms with Gasteiger partial charge in [0.25, 0.3) is 0 Å². The molecule has 2 aromatic carbocycles. The summed E-state index contributed by atoms with van der Waals surface area (Å²) in [5.41, 5.74) is 5.42. The van der Waals surface area contributed by atoms with Crippen LogP contribution in [0.2, 0.25) is 0 Å². The zero-order chi connectivity index (χ0) is 22.8. The van der Waals surface area contributed by atoms with Gasteiger partial charge < -0.3 is 24.7 Å². The van der Waals surface area contributed by atoms with Crippen molar-refractivity contribution in [1.82, 2.24) is 9.88 Å². The molecule has 1 aromatic heterocycles. The second-order valence-electron chi connectivity index (χ2n) is 8.56. The first-order valence-corrected chi connectivity index (χ1v) is 11.0. The highest BCUT2D eigenvalue weighted by molar-refractivity contribution is 5.86. The third-order valence-electron chi connectivity index (χ3n) is 5.70. The van der Waals surface area contributed by atoms with Gasteiger partial charge >= 0.3 is 6.09 Å². The third-order valence-corrected chi connectivity index (χ3v) is 5.70. The van der Waals surface area contributed by atoms with Crippen molar-refractivity contribution >= 4 is 17.0 Å². The number of hydrogen-bond acceptors (Lipinski definition) is 5. The number of aromatic nitrogens is 1. The van der Waals surface area contributed by atoms with Crippen LogP contribution in [-0.2, 0) is 11.2 Å². The SMILES string of the molecule is Cc1ccc2[nH]c3c(c2c1)CCN(C(=O)OC(C)C)C3c1ccc(OCC(O)CO)cc1. The maximum atomic E-state index is 13.0. The molecule has 7 heteroatoms. The predicted octanol–water partition coefficient (Wildman–Crippen LogP) is 3.70. The Bertz CT molecular complexity index is 1090. The van der Waals surface area contributed by atoms with Gasteiger partial charge in [0.2, 0.25) is 0 Å². The quantitative estimate of drug-likeness (QED) is 0.546. The van der Waals surface area contributed by atoms with Crippen molar-refractivity contribution < 1.29 is 24.5 Å². The van der Waals surface area contributed by atoms with Crippen LogP contribution in [0.25, 0.3) is 10.9 Å². The van der Waals surface area contributed by atoms with Crippen LogP contribution in [0, 0.1) is 6.92 Å². The molecule has 2 heterocycles. The molecule has 0 spiro atoms. The molecule has 2 unspecified atom stereocenters. The van der Waals surface area contributed by atoms with E-state index in [2.05, 4.69) is 30.1 Å². The van der Waals surface area contributed by atoms with Crippen LogP contribution in [0.5, 0.6) is 5.75 Å². The average molecular weight is 439 g/mol. The second-order valence-corrected chi connectivity index (χ2v) is 8.56. The van der Waals surface area contributed by atoms with E-state index in [0.29, 0.717) is 12.3 Å². The average Bonchev–Trinajstić information content (AvgIpc) is 3.14. The molecule has 2 atom stereocenters. The number of aliphatic hydroxyl groups is 2. The monoisotopic (exact) mass is 438 g/mol. The number of nitrogens with zero attached hydrogens (tertiary/aromatic N) is 1. The summed E-state index contributed by atoms with van der Waals surface area (Å²) in [5.74, 6) is 0.584. The van der Waals surface area contributed by atoms with Gasteiger partial charge in [-0.2, -0.15) is 0 Å². The smallest absolute Gasteiger partial charge is 0.410 e. The molecule has 7 nitrogen and oxygen atoms in total. The molecule has 3 N–H and O–H groups in total. The molecule has 1 aliphatic heterocycles. The first-order valence-electron chi connectivity index (χ1n) is 11.0. The van der Waals surface area contributed by atoms with E-state index < -0.39 is 6.10 Å². The summed E-state index contributed by atoms with van der Waals surface area (Å²) in [7, 11) is 0. The molecule has 0 radical (unpaired) electrons. The van der Waals surface area contributed by atoms with Gasteiger partial charge in [-0.25, -0.2) is 4.79 Å². The highest BCUT2D eigenvalue weighted by atomic mass is 16.6. The molecular weight excluding hydrogens is 408 g/mol. The van der Waals surface area contributed by atoms with Gasteiger partial charge in [0.1, 0.15) is 24.5 Å². The first kappa shape index (κ1) is 22.2. The zero-order valence-electron chi connectivity index (χ0n) is 18.7. The molecular formula is C25H30N2O5. The Balaban J connectivity index is 1.71. The van der Waals surface area contributed by atoms with E-state index in [9.17, 15) is 9.90 Å². The van der Waals surface area contributed by atoms with Gasteiger partial charge in [-0.15, -0.1) is 0 Å². The normalized spacial score (nSPS) is 16.8. The number of hydrogen-bond donors (Lipinski definition) is 3. The van der Waals surface area contributed by atoms with Crippen molar-refractivity contribution in [2.75, 3.05) is 19.8 Å². The highest BCUT2D eigenvalue weighted by Gasteiger charge is 2.35. The molecule has 0 fully saturated rings. The summed E-state index contributed by atoms with van der Waals surface area (Å²) in [6.45, 7) is 6.00. The summed E-state index contributed by atoms with van der Waals surface area (Å²) in [4.78, 5) is 18.3. The van der Waals surface area contributed by atoms with Crippen molar-refractivity contribution in [3.8, 4) is 5.75 Å². The van der Waals surface area contributed by atoms with Crippen LogP contribution in [0.3, 0.4) is 0 Å². The standard InChI is InChI=1S/C25H30N2O5/c1-15(2)32-25(30)27-11-10-20-21-12-16(3)4-9-22(21)26-23(20)24(27)17-5-7-19(8-6-17)31-14-18(29)13-28/h4-9,12,15,18,24,26,28-29H,10-11,13-14H2,1-3H3. The fourth-order valence-electron chi connectivity index (χ4n) is 4.21. The molecule has 1 aliphatic rings. The lowest BCUT2D eigenvalue weighted by atomic mass is 9.92. The van der Waals surface area contributed by atoms with Gasteiger partial charge in [0.05, 0.1) is 12.7 Å². The van der Waals surface area contributed by atoms with Gasteiger partial charge in [0, 0.05) is 23.1 Å². The van der Waals surface area contributed by atoms with Crippen molar-refractivity contribution in [2.24, 2.45) is 0 Å². The maximum Gasteiger partial charge on any atom is 0.410 e. The number of aryl methyl sites for hydroxylation is 1. The molecule has 32 heavy (non-hydrogen) atoms. The number of carbonyl (C=O) groups excluding carboxylic acids is 1. The summed E-state index contributed by atoms with van der Waals surface area (Å²) >= 11 is 0. The van der Waals surface area contributed by atoms with Gasteiger partial charge in [-0.05, 0) is 62.6 Å². The van der Waals surface area contributed by atoms with Gasteiger partial charge in [-0.1, -0.05) is 23.8 Å². The first-order chi connectivity index (χ1) is 15.4. The Labute approximate surface area is 187 Å². The Morgan fingerprint density at radius 2 is 1.97 bits per heavy atom. The number of ether oxygens (including phenoxy) is 2. The summed E-state index contributed by atoms with van der Waals surface area (Å²) < 4.78 is 11.1. The van der Waals surface area contributed by atoms with E-state index in [-0.39, 0.29) is 31.5 Å². The molecule has 0 saturated carbocycles. The molecule has 0 aliphatic carbocycles. The van der Waals surface area contributed by atoms with Gasteiger partial charge in [-0.3, -0.25) is 4.90 Å². The molecule has 0 bridgehead atoms. The maximum absolute atomic E-state index is 13.0. The minimum absolute atomic E-state index is 0.0115. The van der Waals surface area contributed by atoms with E-state index in [1.807, 2.05) is 38.1 Å². The topological polar surface area (TPSA) is 95.0 Å². The van der Waals surface area contributed by atoms with Crippen LogP contribution < -0.4 is 4.74 Å². The van der Waals surface area contributed by atoms with Crippen molar-refractivity contribution in [2.45, 2.75) is 45.4 Å². The van der Waals surface area contributed by atoms with E-state index in [4.69, 9.17) is 14.6 Å². The minimum atomic E-state index is -0.924. The van der Waals surface area contributed by atoms with Crippen molar-refractivity contribution in [3.63, 3.8) is 0 Å². The fraction of sp³-hybridized carbons (Fsp3) is 0.400. The zero-order valence-corrected chi connectivity index (χ0v) is 18.7. The molecule has 3 aromatic rings. The largest absolute Gasteiger partial charge is 0.491 e. The number of aliphatic hydroxyl groups excluding tert-OH is 2. The number of amides is 1. The molecule has 0 saturated heterocycles. The number of aromatic amines is 1. The minimum Gasteiger partial charge on any atom is -0.491 e. The van der Waals surface area contributed by atoms with Crippen LogP contribution in [0.4, 0.5) is 4.79 Å². The third kappa shape index (κ3) is 4.45. The number of rotatable bonds is 6. The number of nitrogens with one attached hydrogen (secondary N) is 1. The van der Waals surface area contributed by atoms with E-state index in [0.717, 1.165) is 23.2 Å². The number of H-pyrrole nitrogens is 1. The Morgan fingerprint density at radius 3 is 2.66 bits per heavy atom. The second kappa shape index (κ2) is 9.22. The Kier molecular flexibility index (Phi) is 6.39. The van der Waals surface area contributed by atoms with Crippen LogP contribution in [-0.4, -0.2) is 58.2 Å². The fourth-order valence-corrected chi connectivity index (χ4v) is 4.21. The molecule has 170 valence electrons. The van der Waals surface area contributed by atoms with Crippen molar-refractivity contribution in [1.29, 1.82) is 0 Å². The lowest BCUT2D eigenvalue weighted by Crippen LogP contribution is -2.41. The number of carbonyl (C=O) groups is 1. The lowest BCUT2D eigenvalue weighted by molar-refractivity contribution is 0.0535. The van der Waals surface area contributed by atoms with Crippen LogP contribution in [0.1, 0.15) is 42.3 Å². The highest BCUT2D eigenvalue weighted by Crippen LogP contribution is 2.39. The van der Waals surface area contributed by atoms with E-state index in [1.54, 1.807) is 4.90 Å². The number of fused-ring (bicyclic) bond motifs is 3. The number of benzene rings is 2. The Morgan fingerprint density at radius 1 is 1.22 bits per heavy atom. The summed E-state index contributed by atoms with van der Waals surface area (Å²) in [5, 5.41) is 19.7. The summed E-state index contributed by atoms with van der Waals surface area (Å²) in [6, 6.07) is 13.5.